The van der Waals surface area contributed by atoms with Crippen LogP contribution in [0.25, 0.3) is 10.9 Å². The zero-order valence-electron chi connectivity index (χ0n) is 15.3. The molecule has 2 aliphatic rings. The van der Waals surface area contributed by atoms with Gasteiger partial charge in [-0.1, -0.05) is 11.8 Å². The third-order valence-electron chi connectivity index (χ3n) is 5.28. The van der Waals surface area contributed by atoms with Crippen molar-refractivity contribution in [3.05, 3.63) is 27.4 Å². The Morgan fingerprint density at radius 2 is 1.89 bits per heavy atom. The van der Waals surface area contributed by atoms with Crippen LogP contribution in [-0.2, 0) is 0 Å². The van der Waals surface area contributed by atoms with Gasteiger partial charge in [0, 0.05) is 26.2 Å². The van der Waals surface area contributed by atoms with Gasteiger partial charge < -0.3 is 24.9 Å². The van der Waals surface area contributed by atoms with Crippen LogP contribution in [0.5, 0.6) is 0 Å². The molecule has 4 N–H and O–H groups in total. The monoisotopic (exact) mass is 411 g/mol. The number of fused-ring (bicyclic) bond motifs is 3. The summed E-state index contributed by atoms with van der Waals surface area (Å²) < 4.78 is 32.3. The number of aromatic carboxylic acids is 1. The van der Waals surface area contributed by atoms with E-state index in [1.807, 2.05) is 11.9 Å². The summed E-state index contributed by atoms with van der Waals surface area (Å²) in [4.78, 5) is 28.1. The highest BCUT2D eigenvalue weighted by Gasteiger charge is 2.37. The minimum atomic E-state index is -1.44. The SMILES string of the molecule is CC1Sc2c(C(=O)O)c(=O)c3c(NN)c(F)c(N4CCN(C)CC4)c(F)c3n21. The molecule has 1 aromatic carbocycles. The van der Waals surface area contributed by atoms with Crippen LogP contribution in [0.2, 0.25) is 0 Å². The Hall–Kier alpha value is -2.37. The summed E-state index contributed by atoms with van der Waals surface area (Å²) in [5.74, 6) is 2.17. The van der Waals surface area contributed by atoms with Crippen LogP contribution in [0.3, 0.4) is 0 Å². The maximum Gasteiger partial charge on any atom is 0.342 e. The van der Waals surface area contributed by atoms with Crippen LogP contribution in [0.4, 0.5) is 20.2 Å². The standard InChI is InChI=1S/C17H19F2N5O3S/c1-7-24-13-8(15(25)9(17(26)27)16(24)28-7)12(21-20)10(18)14(11(13)19)23-5-3-22(2)4-6-23/h7,21H,3-6,20H2,1-2H3,(H,26,27). The number of likely N-dealkylation sites (N-methyl/N-ethyl adjacent to an activating group) is 1. The predicted octanol–water partition coefficient (Wildman–Crippen LogP) is 1.64. The number of carboxylic acid groups (broad SMARTS) is 1. The molecule has 2 aliphatic heterocycles. The number of pyridine rings is 1. The molecule has 28 heavy (non-hydrogen) atoms. The second kappa shape index (κ2) is 6.61. The maximum absolute atomic E-state index is 15.6. The largest absolute Gasteiger partial charge is 0.477 e. The minimum absolute atomic E-state index is 0.125. The molecule has 1 atom stereocenters. The second-order valence-electron chi connectivity index (χ2n) is 6.91. The van der Waals surface area contributed by atoms with E-state index in [-0.39, 0.29) is 27.0 Å². The molecule has 150 valence electrons. The van der Waals surface area contributed by atoms with Gasteiger partial charge in [-0.05, 0) is 14.0 Å². The number of rotatable bonds is 3. The van der Waals surface area contributed by atoms with Crippen molar-refractivity contribution in [3.8, 4) is 0 Å². The average molecular weight is 411 g/mol. The number of aromatic nitrogens is 1. The third kappa shape index (κ3) is 2.50. The molecule has 0 saturated carbocycles. The molecule has 8 nitrogen and oxygen atoms in total. The van der Waals surface area contributed by atoms with E-state index in [1.54, 1.807) is 11.8 Å². The van der Waals surface area contributed by atoms with Gasteiger partial charge in [0.05, 0.1) is 21.3 Å². The van der Waals surface area contributed by atoms with Gasteiger partial charge in [-0.25, -0.2) is 13.6 Å². The number of nitrogens with two attached hydrogens (primary N) is 1. The zero-order valence-corrected chi connectivity index (χ0v) is 16.1. The lowest BCUT2D eigenvalue weighted by Crippen LogP contribution is -2.45. The van der Waals surface area contributed by atoms with Crippen LogP contribution in [0, 0.1) is 11.6 Å². The van der Waals surface area contributed by atoms with Gasteiger partial charge in [-0.3, -0.25) is 10.6 Å². The molecule has 3 heterocycles. The van der Waals surface area contributed by atoms with Crippen molar-refractivity contribution in [3.63, 3.8) is 0 Å². The first-order valence-electron chi connectivity index (χ1n) is 8.71. The van der Waals surface area contributed by atoms with E-state index in [9.17, 15) is 14.7 Å². The number of hydrogen-bond donors (Lipinski definition) is 3. The number of benzene rings is 1. The summed E-state index contributed by atoms with van der Waals surface area (Å²) in [6, 6.07) is 0. The van der Waals surface area contributed by atoms with E-state index in [0.29, 0.717) is 26.2 Å². The maximum atomic E-state index is 15.6. The summed E-state index contributed by atoms with van der Waals surface area (Å²) >= 11 is 1.16. The van der Waals surface area contributed by atoms with E-state index < -0.39 is 34.3 Å². The van der Waals surface area contributed by atoms with Crippen molar-refractivity contribution in [2.45, 2.75) is 17.3 Å². The molecule has 1 saturated heterocycles. The number of nitrogens with zero attached hydrogens (tertiary/aromatic N) is 3. The van der Waals surface area contributed by atoms with Gasteiger partial charge in [0.2, 0.25) is 5.43 Å². The van der Waals surface area contributed by atoms with Crippen molar-refractivity contribution in [2.24, 2.45) is 5.84 Å². The number of piperazine rings is 1. The average Bonchev–Trinajstić information content (AvgIpc) is 2.63. The van der Waals surface area contributed by atoms with Gasteiger partial charge in [-0.15, -0.1) is 0 Å². The van der Waals surface area contributed by atoms with Crippen LogP contribution in [0.15, 0.2) is 9.82 Å². The fourth-order valence-corrected chi connectivity index (χ4v) is 4.96. The Kier molecular flexibility index (Phi) is 4.47. The Bertz CT molecular complexity index is 1070. The normalized spacial score (nSPS) is 19.5. The number of carboxylic acids is 1. The van der Waals surface area contributed by atoms with E-state index >= 15 is 8.78 Å². The number of carbonyl (C=O) groups is 1. The highest BCUT2D eigenvalue weighted by atomic mass is 32.2. The number of hydrogen-bond acceptors (Lipinski definition) is 7. The molecule has 2 aromatic rings. The third-order valence-corrected chi connectivity index (χ3v) is 6.46. The second-order valence-corrected chi connectivity index (χ2v) is 8.22. The summed E-state index contributed by atoms with van der Waals surface area (Å²) in [7, 11) is 1.92. The Morgan fingerprint density at radius 1 is 1.25 bits per heavy atom. The highest BCUT2D eigenvalue weighted by molar-refractivity contribution is 8.00. The fraction of sp³-hybridized carbons (Fsp3) is 0.412. The molecule has 0 aliphatic carbocycles. The van der Waals surface area contributed by atoms with Crippen LogP contribution >= 0.6 is 11.8 Å². The summed E-state index contributed by atoms with van der Waals surface area (Å²) in [6.07, 6.45) is 0. The molecule has 4 rings (SSSR count). The van der Waals surface area contributed by atoms with Crippen molar-refractivity contribution in [2.75, 3.05) is 43.6 Å². The molecule has 11 heteroatoms. The lowest BCUT2D eigenvalue weighted by Gasteiger charge is -2.37. The van der Waals surface area contributed by atoms with Crippen LogP contribution in [-0.4, -0.2) is 53.8 Å². The van der Waals surface area contributed by atoms with Crippen LogP contribution < -0.4 is 21.6 Å². The lowest BCUT2D eigenvalue weighted by molar-refractivity contribution is 0.0689. The summed E-state index contributed by atoms with van der Waals surface area (Å²) in [5, 5.41) is 8.93. The van der Waals surface area contributed by atoms with Crippen molar-refractivity contribution >= 4 is 40.0 Å². The van der Waals surface area contributed by atoms with E-state index in [0.717, 1.165) is 11.8 Å². The quantitative estimate of drug-likeness (QED) is 0.517. The van der Waals surface area contributed by atoms with Crippen LogP contribution in [0.1, 0.15) is 22.7 Å². The van der Waals surface area contributed by atoms with E-state index in [2.05, 4.69) is 5.43 Å². The van der Waals surface area contributed by atoms with Gasteiger partial charge in [0.1, 0.15) is 16.9 Å². The molecule has 0 radical (unpaired) electrons. The lowest BCUT2D eigenvalue weighted by atomic mass is 10.1. The Labute approximate surface area is 162 Å². The van der Waals surface area contributed by atoms with Crippen molar-refractivity contribution in [1.29, 1.82) is 0 Å². The molecule has 0 amide bonds. The summed E-state index contributed by atoms with van der Waals surface area (Å²) in [5.41, 5.74) is -0.0736. The number of thioether (sulfide) groups is 1. The first-order valence-corrected chi connectivity index (χ1v) is 9.59. The fourth-order valence-electron chi connectivity index (χ4n) is 3.82. The molecule has 1 unspecified atom stereocenters. The number of nitrogen functional groups attached to an aromatic ring is 1. The highest BCUT2D eigenvalue weighted by Crippen LogP contribution is 2.49. The first-order chi connectivity index (χ1) is 13.3. The molecule has 0 spiro atoms. The van der Waals surface area contributed by atoms with Gasteiger partial charge in [0.25, 0.3) is 0 Å². The van der Waals surface area contributed by atoms with Gasteiger partial charge >= 0.3 is 5.97 Å². The van der Waals surface area contributed by atoms with Gasteiger partial charge in [0.15, 0.2) is 11.6 Å². The Morgan fingerprint density at radius 3 is 2.43 bits per heavy atom. The van der Waals surface area contributed by atoms with E-state index in [1.165, 1.54) is 4.57 Å². The molecule has 1 aromatic heterocycles. The molecular weight excluding hydrogens is 392 g/mol. The molecule has 0 bridgehead atoms. The minimum Gasteiger partial charge on any atom is -0.477 e. The Balaban J connectivity index is 2.10. The first kappa shape index (κ1) is 19.0. The van der Waals surface area contributed by atoms with Crippen molar-refractivity contribution in [1.82, 2.24) is 9.47 Å². The van der Waals surface area contributed by atoms with Gasteiger partial charge in [-0.2, -0.15) is 0 Å². The van der Waals surface area contributed by atoms with Crippen molar-refractivity contribution < 1.29 is 18.7 Å². The number of hydrazine groups is 1. The predicted molar refractivity (Wildman–Crippen MR) is 103 cm³/mol. The smallest absolute Gasteiger partial charge is 0.342 e. The zero-order chi connectivity index (χ0) is 20.3. The molecular formula is C17H19F2N5O3S. The molecule has 1 fully saturated rings. The topological polar surface area (TPSA) is 104 Å². The number of halogens is 2. The van der Waals surface area contributed by atoms with E-state index in [4.69, 9.17) is 5.84 Å². The number of anilines is 2. The number of nitrogens with one attached hydrogen (secondary N) is 1. The summed E-state index contributed by atoms with van der Waals surface area (Å²) in [6.45, 7) is 3.83.